The number of pyridine rings is 8. The molecular formula is C98H104N24O12. The first-order chi connectivity index (χ1) is 65.6. The zero-order valence-corrected chi connectivity index (χ0v) is 75.2. The molecule has 8 aliphatic rings. The van der Waals surface area contributed by atoms with Crippen molar-refractivity contribution in [2.75, 3.05) is 208 Å². The van der Waals surface area contributed by atoms with Crippen LogP contribution in [-0.2, 0) is 39.3 Å². The number of hydrogen-bond acceptors (Lipinski definition) is 30. The zero-order valence-electron chi connectivity index (χ0n) is 75.2. The maximum Gasteiger partial charge on any atom is 0.274 e. The summed E-state index contributed by atoms with van der Waals surface area (Å²) in [6.07, 6.45) is 13.6. The molecule has 8 N–H and O–H groups in total. The number of methoxy groups -OCH3 is 6. The van der Waals surface area contributed by atoms with E-state index in [1.165, 1.54) is 23.1 Å². The van der Waals surface area contributed by atoms with Gasteiger partial charge in [0, 0.05) is 167 Å². The molecule has 0 unspecified atom stereocenters. The monoisotopic (exact) mass is 1810 g/mol. The third kappa shape index (κ3) is 20.6. The molecule has 36 heteroatoms. The Hall–Kier alpha value is -15.7. The molecule has 16 heterocycles. The minimum atomic E-state index is -0.372. The van der Waals surface area contributed by atoms with Crippen LogP contribution in [0.3, 0.4) is 0 Å². The molecule has 0 spiro atoms. The Labute approximate surface area is 774 Å². The van der Waals surface area contributed by atoms with Crippen LogP contribution in [0, 0.1) is 0 Å². The van der Waals surface area contributed by atoms with E-state index in [1.54, 1.807) is 157 Å². The maximum absolute atomic E-state index is 13.1. The number of hydrogen-bond donors (Lipinski definition) is 8. The topological polar surface area (TPSA) is 383 Å². The predicted molar refractivity (Wildman–Crippen MR) is 512 cm³/mol. The molecule has 0 radical (unpaired) electrons. The van der Waals surface area contributed by atoms with Gasteiger partial charge in [0.1, 0.15) is 57.5 Å². The number of amides is 6. The highest BCUT2D eigenvalue weighted by atomic mass is 16.5. The summed E-state index contributed by atoms with van der Waals surface area (Å²) in [5.41, 5.74) is 15.2. The number of carbonyl (C=O) groups excluding carboxylic acids is 6. The normalized spacial score (nSPS) is 15.2. The number of rotatable bonds is 22. The SMILES string of the molecule is COc1cc2c(cc1OC)C(=O)N(c1cccc(C(=O)Nc3cnccc3N3CCNCC3)n1)C2.COc1cc2c(cc1OC)CN(c1cccc(C(=O)Nc3cnccc3N3CCNCC3)n1)C2.COc1ccc2c(c1)C(=O)N(c1cccc(C(=O)Nc3cnccc3N3CCNCC3)n1)C2.COc1ccc2c(c1)CN(c1cccc(C(=O)Nc3cnccc3N3CCNCC3)n1)C2. The second kappa shape index (κ2) is 42.1. The van der Waals surface area contributed by atoms with E-state index in [0.29, 0.717) is 112 Å². The molecule has 134 heavy (non-hydrogen) atoms. The van der Waals surface area contributed by atoms with E-state index in [4.69, 9.17) is 28.4 Å². The highest BCUT2D eigenvalue weighted by Crippen LogP contribution is 2.41. The van der Waals surface area contributed by atoms with Crippen LogP contribution in [-0.4, -0.2) is 223 Å². The fourth-order valence-corrected chi connectivity index (χ4v) is 17.2. The summed E-state index contributed by atoms with van der Waals surface area (Å²) in [4.78, 5) is 130. The Morgan fingerprint density at radius 3 is 0.933 bits per heavy atom. The lowest BCUT2D eigenvalue weighted by molar-refractivity contribution is 0.0987. The summed E-state index contributed by atoms with van der Waals surface area (Å²) in [6.45, 7) is 17.7. The molecule has 4 fully saturated rings. The minimum Gasteiger partial charge on any atom is -0.497 e. The number of aromatic nitrogens is 8. The van der Waals surface area contributed by atoms with Gasteiger partial charge in [0.15, 0.2) is 23.0 Å². The summed E-state index contributed by atoms with van der Waals surface area (Å²) in [5.74, 6) is 4.68. The summed E-state index contributed by atoms with van der Waals surface area (Å²) >= 11 is 0. The molecule has 0 saturated carbocycles. The van der Waals surface area contributed by atoms with Gasteiger partial charge in [-0.05, 0) is 155 Å². The van der Waals surface area contributed by atoms with Gasteiger partial charge in [0.05, 0.1) is 126 Å². The van der Waals surface area contributed by atoms with Gasteiger partial charge in [0.2, 0.25) is 0 Å². The Morgan fingerprint density at radius 2 is 0.582 bits per heavy atom. The van der Waals surface area contributed by atoms with Gasteiger partial charge in [-0.2, -0.15) is 0 Å². The number of carbonyl (C=O) groups is 6. The number of nitrogens with zero attached hydrogens (tertiary/aromatic N) is 16. The van der Waals surface area contributed by atoms with E-state index in [-0.39, 0.29) is 46.8 Å². The van der Waals surface area contributed by atoms with Crippen molar-refractivity contribution in [2.24, 2.45) is 0 Å². The van der Waals surface area contributed by atoms with Gasteiger partial charge in [-0.3, -0.25) is 58.5 Å². The number of nitrogens with one attached hydrogen (secondary N) is 8. The lowest BCUT2D eigenvalue weighted by Crippen LogP contribution is -2.43. The van der Waals surface area contributed by atoms with Gasteiger partial charge >= 0.3 is 0 Å². The van der Waals surface area contributed by atoms with Gasteiger partial charge in [-0.15, -0.1) is 0 Å². The van der Waals surface area contributed by atoms with E-state index in [9.17, 15) is 28.8 Å². The van der Waals surface area contributed by atoms with Crippen LogP contribution in [0.5, 0.6) is 34.5 Å². The molecule has 0 aliphatic carbocycles. The van der Waals surface area contributed by atoms with Crippen LogP contribution < -0.4 is 110 Å². The number of anilines is 12. The Balaban J connectivity index is 0.000000124. The van der Waals surface area contributed by atoms with Crippen molar-refractivity contribution in [2.45, 2.75) is 39.3 Å². The molecule has 4 aromatic carbocycles. The first kappa shape index (κ1) is 90.3. The van der Waals surface area contributed by atoms with E-state index in [0.717, 1.165) is 180 Å². The molecule has 8 aliphatic heterocycles. The number of piperazine rings is 4. The number of fused-ring (bicyclic) bond motifs is 4. The van der Waals surface area contributed by atoms with E-state index < -0.39 is 0 Å². The quantitative estimate of drug-likeness (QED) is 0.0313. The molecule has 688 valence electrons. The lowest BCUT2D eigenvalue weighted by atomic mass is 10.1. The third-order valence-corrected chi connectivity index (χ3v) is 24.2. The first-order valence-electron chi connectivity index (χ1n) is 44.3. The third-order valence-electron chi connectivity index (χ3n) is 24.2. The van der Waals surface area contributed by atoms with E-state index in [1.807, 2.05) is 78.9 Å². The molecule has 8 aromatic heterocycles. The van der Waals surface area contributed by atoms with Crippen LogP contribution in [0.25, 0.3) is 0 Å². The number of benzene rings is 4. The molecule has 6 amide bonds. The summed E-state index contributed by atoms with van der Waals surface area (Å²) in [6, 6.07) is 48.0. The largest absolute Gasteiger partial charge is 0.497 e. The van der Waals surface area contributed by atoms with Crippen LogP contribution >= 0.6 is 0 Å². The van der Waals surface area contributed by atoms with Crippen molar-refractivity contribution in [1.29, 1.82) is 0 Å². The molecule has 12 aromatic rings. The molecule has 20 rings (SSSR count). The standard InChI is InChI=1S/C25H26N6O4.C25H28N6O3.C24H24N6O3.C24H26N6O2/c1-34-21-12-16-15-31(25(33)17(16)13-22(21)35-2)23-5-3-4-18(28-23)24(32)29-19-14-27-7-6-20(19)30-10-8-26-9-11-30;1-33-22-12-17-15-31(16-18(17)13-23(22)34-2)24-5-3-4-19(28-24)25(32)29-20-14-27-7-6-21(20)30-10-8-26-9-11-30;1-33-17-6-5-16-15-30(24(32)18(16)13-17)22-4-2-3-19(27-22)23(31)28-20-14-26-8-7-21(20)29-11-9-25-10-12-29;1-32-19-6-5-17-15-30(16-18(17)13-19)23-4-2-3-20(27-23)24(31)28-21-14-26-8-7-22(21)29-11-9-25-10-12-29/h3-7,12-14,26H,8-11,15H2,1-2H3,(H,29,32);3-7,12-14,26H,8-11,15-16H2,1-2H3,(H,29,32);2-8,13-14,25H,9-12,15H2,1H3,(H,28,31);2-8,13-14,25H,9-12,15-16H2,1H3,(H,28,31). The van der Waals surface area contributed by atoms with Crippen molar-refractivity contribution in [3.63, 3.8) is 0 Å². The van der Waals surface area contributed by atoms with Crippen LogP contribution in [0.4, 0.5) is 68.8 Å². The summed E-state index contributed by atoms with van der Waals surface area (Å²) in [5, 5.41) is 25.3. The number of ether oxygens (including phenoxy) is 6. The Bertz CT molecular complexity index is 6270. The summed E-state index contributed by atoms with van der Waals surface area (Å²) < 4.78 is 32.2. The Kier molecular flexibility index (Phi) is 28.3. The second-order valence-electron chi connectivity index (χ2n) is 32.4. The van der Waals surface area contributed by atoms with E-state index >= 15 is 0 Å². The van der Waals surface area contributed by atoms with Crippen LogP contribution in [0.15, 0.2) is 207 Å². The van der Waals surface area contributed by atoms with Gasteiger partial charge in [-0.1, -0.05) is 36.4 Å². The smallest absolute Gasteiger partial charge is 0.274 e. The van der Waals surface area contributed by atoms with Gasteiger partial charge < -0.3 is 100 Å². The highest BCUT2D eigenvalue weighted by Gasteiger charge is 2.35. The molecule has 0 bridgehead atoms. The van der Waals surface area contributed by atoms with Crippen molar-refractivity contribution < 1.29 is 57.2 Å². The van der Waals surface area contributed by atoms with Crippen molar-refractivity contribution in [3.8, 4) is 34.5 Å². The summed E-state index contributed by atoms with van der Waals surface area (Å²) in [7, 11) is 9.60. The maximum atomic E-state index is 13.1. The van der Waals surface area contributed by atoms with Crippen LogP contribution in [0.2, 0.25) is 0 Å². The fraction of sp³-hybridized carbons (Fsp3) is 0.286. The molecular weight excluding hydrogens is 1710 g/mol. The van der Waals surface area contributed by atoms with Crippen molar-refractivity contribution >= 4 is 104 Å². The fourth-order valence-electron chi connectivity index (χ4n) is 17.2. The van der Waals surface area contributed by atoms with E-state index in [2.05, 4.69) is 124 Å². The van der Waals surface area contributed by atoms with Crippen LogP contribution in [0.1, 0.15) is 96.1 Å². The van der Waals surface area contributed by atoms with Crippen molar-refractivity contribution in [3.05, 3.63) is 275 Å². The highest BCUT2D eigenvalue weighted by molar-refractivity contribution is 6.12. The zero-order chi connectivity index (χ0) is 92.6. The average Bonchev–Trinajstić information content (AvgIpc) is 1.66. The predicted octanol–water partition coefficient (Wildman–Crippen LogP) is 9.97. The minimum absolute atomic E-state index is 0.165. The molecule has 36 nitrogen and oxygen atoms in total. The lowest BCUT2D eigenvalue weighted by Gasteiger charge is -2.30. The Morgan fingerprint density at radius 1 is 0.291 bits per heavy atom. The molecule has 0 atom stereocenters. The second-order valence-corrected chi connectivity index (χ2v) is 32.4. The first-order valence-corrected chi connectivity index (χ1v) is 44.3. The van der Waals surface area contributed by atoms with Gasteiger partial charge in [0.25, 0.3) is 35.4 Å². The average molecular weight is 1810 g/mol. The van der Waals surface area contributed by atoms with Crippen molar-refractivity contribution in [1.82, 2.24) is 61.1 Å². The van der Waals surface area contributed by atoms with Gasteiger partial charge in [-0.25, -0.2) is 19.9 Å². The molecule has 4 saturated heterocycles.